The number of ketones is 1. The van der Waals surface area contributed by atoms with Gasteiger partial charge in [-0.3, -0.25) is 4.79 Å². The van der Waals surface area contributed by atoms with Gasteiger partial charge in [-0.05, 0) is 37.6 Å². The zero-order valence-corrected chi connectivity index (χ0v) is 10.4. The van der Waals surface area contributed by atoms with Crippen LogP contribution in [-0.4, -0.2) is 20.5 Å². The van der Waals surface area contributed by atoms with Gasteiger partial charge in [0.2, 0.25) is 0 Å². The molecular formula is C13H14FN3O. The molecule has 0 bridgehead atoms. The van der Waals surface area contributed by atoms with Crippen LogP contribution in [0.5, 0.6) is 0 Å². The molecule has 1 aromatic carbocycles. The maximum Gasteiger partial charge on any atom is 0.170 e. The Labute approximate surface area is 104 Å². The third-order valence-corrected chi connectivity index (χ3v) is 2.79. The van der Waals surface area contributed by atoms with E-state index in [1.165, 1.54) is 18.5 Å². The Balaban J connectivity index is 2.19. The molecule has 4 nitrogen and oxygen atoms in total. The number of carbonyl (C=O) groups excluding carboxylic acids is 1. The van der Waals surface area contributed by atoms with Crippen LogP contribution < -0.4 is 0 Å². The molecule has 2 aromatic rings. The van der Waals surface area contributed by atoms with E-state index >= 15 is 0 Å². The van der Waals surface area contributed by atoms with Gasteiger partial charge in [0.05, 0.1) is 6.42 Å². The van der Waals surface area contributed by atoms with Crippen LogP contribution in [0.2, 0.25) is 0 Å². The second kappa shape index (κ2) is 5.08. The Morgan fingerprint density at radius 1 is 1.44 bits per heavy atom. The second-order valence-electron chi connectivity index (χ2n) is 4.06. The first-order valence-electron chi connectivity index (χ1n) is 5.78. The monoisotopic (exact) mass is 247 g/mol. The van der Waals surface area contributed by atoms with Crippen LogP contribution in [0.3, 0.4) is 0 Å². The van der Waals surface area contributed by atoms with Crippen molar-refractivity contribution in [2.75, 3.05) is 0 Å². The predicted octanol–water partition coefficient (Wildman–Crippen LogP) is 2.17. The first-order valence-corrected chi connectivity index (χ1v) is 5.78. The normalized spacial score (nSPS) is 10.6. The molecule has 1 heterocycles. The number of benzene rings is 1. The van der Waals surface area contributed by atoms with Crippen LogP contribution in [-0.2, 0) is 13.0 Å². The van der Waals surface area contributed by atoms with E-state index in [2.05, 4.69) is 10.1 Å². The van der Waals surface area contributed by atoms with Gasteiger partial charge in [0.1, 0.15) is 18.0 Å². The smallest absolute Gasteiger partial charge is 0.170 e. The fourth-order valence-electron chi connectivity index (χ4n) is 1.75. The molecule has 0 radical (unpaired) electrons. The standard InChI is InChI=1S/C13H14FN3O/c1-3-17-13(15-8-16-17)7-12(18)10-4-5-11(14)9(2)6-10/h4-6,8H,3,7H2,1-2H3. The summed E-state index contributed by atoms with van der Waals surface area (Å²) >= 11 is 0. The molecule has 0 amide bonds. The molecule has 0 aliphatic rings. The quantitative estimate of drug-likeness (QED) is 0.778. The number of nitrogens with zero attached hydrogens (tertiary/aromatic N) is 3. The van der Waals surface area contributed by atoms with E-state index in [1.54, 1.807) is 17.7 Å². The van der Waals surface area contributed by atoms with Crippen molar-refractivity contribution < 1.29 is 9.18 Å². The molecule has 1 aromatic heterocycles. The molecular weight excluding hydrogens is 233 g/mol. The predicted molar refractivity (Wildman–Crippen MR) is 64.9 cm³/mol. The van der Waals surface area contributed by atoms with Crippen molar-refractivity contribution in [1.82, 2.24) is 14.8 Å². The third-order valence-electron chi connectivity index (χ3n) is 2.79. The molecule has 0 atom stereocenters. The Morgan fingerprint density at radius 3 is 2.89 bits per heavy atom. The average Bonchev–Trinajstić information content (AvgIpc) is 2.79. The lowest BCUT2D eigenvalue weighted by atomic mass is 10.1. The van der Waals surface area contributed by atoms with Crippen molar-refractivity contribution in [1.29, 1.82) is 0 Å². The molecule has 0 aliphatic carbocycles. The highest BCUT2D eigenvalue weighted by Crippen LogP contribution is 2.11. The molecule has 2 rings (SSSR count). The van der Waals surface area contributed by atoms with Gasteiger partial charge in [0.15, 0.2) is 5.78 Å². The number of rotatable bonds is 4. The average molecular weight is 247 g/mol. The minimum absolute atomic E-state index is 0.0826. The Bertz CT molecular complexity index is 577. The summed E-state index contributed by atoms with van der Waals surface area (Å²) in [5, 5.41) is 4.01. The Morgan fingerprint density at radius 2 is 2.22 bits per heavy atom. The molecule has 94 valence electrons. The third kappa shape index (κ3) is 2.45. The summed E-state index contributed by atoms with van der Waals surface area (Å²) in [7, 11) is 0. The van der Waals surface area contributed by atoms with Gasteiger partial charge < -0.3 is 0 Å². The van der Waals surface area contributed by atoms with E-state index in [4.69, 9.17) is 0 Å². The SMILES string of the molecule is CCn1ncnc1CC(=O)c1ccc(F)c(C)c1. The molecule has 18 heavy (non-hydrogen) atoms. The van der Waals surface area contributed by atoms with Crippen molar-refractivity contribution >= 4 is 5.78 Å². The van der Waals surface area contributed by atoms with E-state index in [0.29, 0.717) is 23.5 Å². The van der Waals surface area contributed by atoms with E-state index < -0.39 is 0 Å². The molecule has 0 spiro atoms. The summed E-state index contributed by atoms with van der Waals surface area (Å²) < 4.78 is 14.8. The van der Waals surface area contributed by atoms with Gasteiger partial charge >= 0.3 is 0 Å². The first kappa shape index (κ1) is 12.4. The van der Waals surface area contributed by atoms with E-state index in [0.717, 1.165) is 0 Å². The molecule has 5 heteroatoms. The minimum Gasteiger partial charge on any atom is -0.294 e. The van der Waals surface area contributed by atoms with Gasteiger partial charge in [-0.2, -0.15) is 5.10 Å². The van der Waals surface area contributed by atoms with E-state index in [9.17, 15) is 9.18 Å². The zero-order chi connectivity index (χ0) is 13.1. The minimum atomic E-state index is -0.303. The molecule has 0 saturated carbocycles. The molecule has 0 fully saturated rings. The van der Waals surface area contributed by atoms with Crippen LogP contribution >= 0.6 is 0 Å². The maximum absolute atomic E-state index is 13.1. The van der Waals surface area contributed by atoms with Crippen LogP contribution in [0, 0.1) is 12.7 Å². The van der Waals surface area contributed by atoms with Crippen molar-refractivity contribution in [2.45, 2.75) is 26.8 Å². The van der Waals surface area contributed by atoms with Gasteiger partial charge in [0, 0.05) is 12.1 Å². The van der Waals surface area contributed by atoms with E-state index in [1.807, 2.05) is 6.92 Å². The highest BCUT2D eigenvalue weighted by atomic mass is 19.1. The number of carbonyl (C=O) groups is 1. The maximum atomic E-state index is 13.1. The summed E-state index contributed by atoms with van der Waals surface area (Å²) in [6, 6.07) is 4.37. The highest BCUT2D eigenvalue weighted by molar-refractivity contribution is 5.97. The first-order chi connectivity index (χ1) is 8.61. The van der Waals surface area contributed by atoms with Gasteiger partial charge in [-0.15, -0.1) is 0 Å². The number of halogens is 1. The summed E-state index contributed by atoms with van der Waals surface area (Å²) in [5.74, 6) is 0.244. The highest BCUT2D eigenvalue weighted by Gasteiger charge is 2.12. The Kier molecular flexibility index (Phi) is 3.50. The van der Waals surface area contributed by atoms with Crippen LogP contribution in [0.4, 0.5) is 4.39 Å². The van der Waals surface area contributed by atoms with Crippen molar-refractivity contribution in [3.63, 3.8) is 0 Å². The lowest BCUT2D eigenvalue weighted by Crippen LogP contribution is -2.11. The largest absolute Gasteiger partial charge is 0.294 e. The molecule has 0 saturated heterocycles. The summed E-state index contributed by atoms with van der Waals surface area (Å²) in [5.41, 5.74) is 0.970. The Hall–Kier alpha value is -2.04. The number of hydrogen-bond acceptors (Lipinski definition) is 3. The van der Waals surface area contributed by atoms with E-state index in [-0.39, 0.29) is 18.0 Å². The van der Waals surface area contributed by atoms with Gasteiger partial charge in [-0.25, -0.2) is 14.1 Å². The fourth-order valence-corrected chi connectivity index (χ4v) is 1.75. The summed E-state index contributed by atoms with van der Waals surface area (Å²) in [6.07, 6.45) is 1.61. The zero-order valence-electron chi connectivity index (χ0n) is 10.4. The van der Waals surface area contributed by atoms with Gasteiger partial charge in [-0.1, -0.05) is 0 Å². The topological polar surface area (TPSA) is 47.8 Å². The lowest BCUT2D eigenvalue weighted by Gasteiger charge is -2.04. The van der Waals surface area contributed by atoms with Crippen molar-refractivity contribution in [3.8, 4) is 0 Å². The number of Topliss-reactive ketones (excluding diaryl/α,β-unsaturated/α-hetero) is 1. The van der Waals surface area contributed by atoms with Crippen LogP contribution in [0.25, 0.3) is 0 Å². The van der Waals surface area contributed by atoms with Crippen LogP contribution in [0.15, 0.2) is 24.5 Å². The number of aryl methyl sites for hydroxylation is 2. The second-order valence-corrected chi connectivity index (χ2v) is 4.06. The number of aromatic nitrogens is 3. The molecule has 0 unspecified atom stereocenters. The molecule has 0 aliphatic heterocycles. The summed E-state index contributed by atoms with van der Waals surface area (Å²) in [4.78, 5) is 16.1. The number of hydrogen-bond donors (Lipinski definition) is 0. The van der Waals surface area contributed by atoms with Crippen LogP contribution in [0.1, 0.15) is 28.7 Å². The fraction of sp³-hybridized carbons (Fsp3) is 0.308. The summed E-state index contributed by atoms with van der Waals surface area (Å²) in [6.45, 7) is 4.25. The van der Waals surface area contributed by atoms with Gasteiger partial charge in [0.25, 0.3) is 0 Å². The lowest BCUT2D eigenvalue weighted by molar-refractivity contribution is 0.0989. The van der Waals surface area contributed by atoms with Crippen molar-refractivity contribution in [2.24, 2.45) is 0 Å². The molecule has 0 N–H and O–H groups in total. The van der Waals surface area contributed by atoms with Crippen molar-refractivity contribution in [3.05, 3.63) is 47.3 Å².